The van der Waals surface area contributed by atoms with E-state index in [1.807, 2.05) is 61.7 Å². The Balaban J connectivity index is 1.54. The van der Waals surface area contributed by atoms with Gasteiger partial charge >= 0.3 is 0 Å². The zero-order chi connectivity index (χ0) is 25.2. The summed E-state index contributed by atoms with van der Waals surface area (Å²) in [6.45, 7) is 6.24. The fourth-order valence-electron chi connectivity index (χ4n) is 4.84. The summed E-state index contributed by atoms with van der Waals surface area (Å²) in [6, 6.07) is 17.8. The second-order valence-corrected chi connectivity index (χ2v) is 10.4. The lowest BCUT2D eigenvalue weighted by atomic mass is 9.95. The Labute approximate surface area is 216 Å². The van der Waals surface area contributed by atoms with Gasteiger partial charge in [-0.25, -0.2) is 0 Å². The van der Waals surface area contributed by atoms with Crippen LogP contribution >= 0.6 is 11.3 Å². The number of thiophene rings is 1. The monoisotopic (exact) mass is 497 g/mol. The highest BCUT2D eigenvalue weighted by atomic mass is 32.1. The van der Waals surface area contributed by atoms with Crippen molar-refractivity contribution in [2.75, 3.05) is 12.4 Å². The number of nitrogens with zero attached hydrogens (tertiary/aromatic N) is 2. The van der Waals surface area contributed by atoms with Gasteiger partial charge < -0.3 is 14.6 Å². The minimum absolute atomic E-state index is 0.0349. The number of hydrogen-bond donors (Lipinski definition) is 1. The molecule has 0 bridgehead atoms. The van der Waals surface area contributed by atoms with E-state index in [0.29, 0.717) is 0 Å². The van der Waals surface area contributed by atoms with Crippen molar-refractivity contribution in [3.05, 3.63) is 93.1 Å². The van der Waals surface area contributed by atoms with Gasteiger partial charge in [-0.05, 0) is 82.3 Å². The van der Waals surface area contributed by atoms with Crippen molar-refractivity contribution in [3.63, 3.8) is 0 Å². The second kappa shape index (κ2) is 10.2. The van der Waals surface area contributed by atoms with Crippen LogP contribution in [0.15, 0.2) is 59.6 Å². The summed E-state index contributed by atoms with van der Waals surface area (Å²) in [5, 5.41) is 4.15. The van der Waals surface area contributed by atoms with Crippen LogP contribution in [0.2, 0.25) is 0 Å². The minimum atomic E-state index is -0.0349. The van der Waals surface area contributed by atoms with Crippen molar-refractivity contribution in [3.8, 4) is 10.8 Å². The Bertz CT molecular complexity index is 1440. The normalized spacial score (nSPS) is 13.1. The molecule has 36 heavy (non-hydrogen) atoms. The summed E-state index contributed by atoms with van der Waals surface area (Å²) < 4.78 is 7.54. The van der Waals surface area contributed by atoms with Crippen molar-refractivity contribution in [2.24, 2.45) is 4.99 Å². The summed E-state index contributed by atoms with van der Waals surface area (Å²) in [6.07, 6.45) is 6.18. The Kier molecular flexibility index (Phi) is 6.79. The van der Waals surface area contributed by atoms with E-state index in [4.69, 9.17) is 4.74 Å². The lowest BCUT2D eigenvalue weighted by Gasteiger charge is -2.14. The number of methoxy groups -OCH3 is 1. The fourth-order valence-corrected chi connectivity index (χ4v) is 6.34. The molecule has 1 N–H and O–H groups in total. The van der Waals surface area contributed by atoms with E-state index >= 15 is 0 Å². The Morgan fingerprint density at radius 2 is 1.83 bits per heavy atom. The standard InChI is InChI=1S/C30H31N3O2S/c1-19-12-14-23(15-13-19)32-29(34)28-26-10-5-6-11-27(26)36-30(28)33-20(2)16-22(21(33)3)18-31-24-8-7-9-25(17-24)35-4/h7-9,12-18H,5-6,10-11H2,1-4H3,(H,32,34). The van der Waals surface area contributed by atoms with Crippen molar-refractivity contribution in [1.82, 2.24) is 4.57 Å². The molecule has 1 amide bonds. The third-order valence-electron chi connectivity index (χ3n) is 6.77. The van der Waals surface area contributed by atoms with E-state index < -0.39 is 0 Å². The van der Waals surface area contributed by atoms with Crippen molar-refractivity contribution < 1.29 is 9.53 Å². The molecule has 2 heterocycles. The van der Waals surface area contributed by atoms with Gasteiger partial charge in [0, 0.05) is 39.8 Å². The molecule has 0 spiro atoms. The van der Waals surface area contributed by atoms with Gasteiger partial charge in [0.1, 0.15) is 10.8 Å². The number of benzene rings is 2. The molecule has 0 fully saturated rings. The average Bonchev–Trinajstić information content (AvgIpc) is 3.40. The highest BCUT2D eigenvalue weighted by Gasteiger charge is 2.28. The lowest BCUT2D eigenvalue weighted by Crippen LogP contribution is -2.17. The molecule has 2 aromatic heterocycles. The van der Waals surface area contributed by atoms with Crippen LogP contribution in [0.5, 0.6) is 5.75 Å². The predicted molar refractivity (Wildman–Crippen MR) is 149 cm³/mol. The number of hydrogen-bond acceptors (Lipinski definition) is 4. The number of amides is 1. The highest BCUT2D eigenvalue weighted by molar-refractivity contribution is 7.15. The summed E-state index contributed by atoms with van der Waals surface area (Å²) in [4.78, 5) is 19.7. The molecule has 0 aliphatic heterocycles. The van der Waals surface area contributed by atoms with Crippen LogP contribution in [-0.4, -0.2) is 23.8 Å². The van der Waals surface area contributed by atoms with Gasteiger partial charge in [0.25, 0.3) is 5.91 Å². The maximum atomic E-state index is 13.7. The summed E-state index contributed by atoms with van der Waals surface area (Å²) in [5.41, 5.74) is 8.04. The molecule has 0 saturated heterocycles. The Hall–Kier alpha value is -3.64. The van der Waals surface area contributed by atoms with E-state index in [0.717, 1.165) is 63.9 Å². The molecule has 1 aliphatic rings. The van der Waals surface area contributed by atoms with Crippen LogP contribution in [0.3, 0.4) is 0 Å². The van der Waals surface area contributed by atoms with E-state index in [2.05, 4.69) is 34.8 Å². The van der Waals surface area contributed by atoms with Gasteiger partial charge in [0.15, 0.2) is 0 Å². The number of aryl methyl sites for hydroxylation is 3. The maximum absolute atomic E-state index is 13.7. The molecule has 0 atom stereocenters. The quantitative estimate of drug-likeness (QED) is 0.283. The molecule has 0 unspecified atom stereocenters. The lowest BCUT2D eigenvalue weighted by molar-refractivity contribution is 0.102. The number of nitrogens with one attached hydrogen (secondary N) is 1. The molecule has 6 heteroatoms. The molecule has 0 radical (unpaired) electrons. The van der Waals surface area contributed by atoms with Gasteiger partial charge in [0.05, 0.1) is 18.4 Å². The zero-order valence-electron chi connectivity index (χ0n) is 21.2. The van der Waals surface area contributed by atoms with Crippen LogP contribution in [0.4, 0.5) is 11.4 Å². The number of fused-ring (bicyclic) bond motifs is 1. The average molecular weight is 498 g/mol. The van der Waals surface area contributed by atoms with Gasteiger partial charge in [-0.1, -0.05) is 23.8 Å². The van der Waals surface area contributed by atoms with E-state index in [1.165, 1.54) is 22.4 Å². The molecule has 4 aromatic rings. The topological polar surface area (TPSA) is 55.6 Å². The molecule has 184 valence electrons. The van der Waals surface area contributed by atoms with E-state index in [9.17, 15) is 4.79 Å². The van der Waals surface area contributed by atoms with Crippen LogP contribution < -0.4 is 10.1 Å². The maximum Gasteiger partial charge on any atom is 0.258 e. The first kappa shape index (κ1) is 24.1. The number of ether oxygens (including phenoxy) is 1. The zero-order valence-corrected chi connectivity index (χ0v) is 22.0. The van der Waals surface area contributed by atoms with E-state index in [-0.39, 0.29) is 5.91 Å². The van der Waals surface area contributed by atoms with Gasteiger partial charge in [-0.2, -0.15) is 0 Å². The first-order valence-corrected chi connectivity index (χ1v) is 13.2. The first-order chi connectivity index (χ1) is 17.4. The molecule has 5 rings (SSSR count). The third kappa shape index (κ3) is 4.73. The third-order valence-corrected chi connectivity index (χ3v) is 8.05. The van der Waals surface area contributed by atoms with Crippen molar-refractivity contribution >= 4 is 34.8 Å². The molecule has 2 aromatic carbocycles. The summed E-state index contributed by atoms with van der Waals surface area (Å²) >= 11 is 1.76. The largest absolute Gasteiger partial charge is 0.497 e. The molecule has 5 nitrogen and oxygen atoms in total. The Morgan fingerprint density at radius 1 is 1.06 bits per heavy atom. The molecular weight excluding hydrogens is 466 g/mol. The van der Waals surface area contributed by atoms with Crippen molar-refractivity contribution in [2.45, 2.75) is 46.5 Å². The number of anilines is 1. The first-order valence-electron chi connectivity index (χ1n) is 12.3. The van der Waals surface area contributed by atoms with Crippen LogP contribution in [0.25, 0.3) is 5.00 Å². The number of carbonyl (C=O) groups excluding carboxylic acids is 1. The van der Waals surface area contributed by atoms with Crippen LogP contribution in [-0.2, 0) is 12.8 Å². The number of aromatic nitrogens is 1. The number of carbonyl (C=O) groups is 1. The smallest absolute Gasteiger partial charge is 0.258 e. The fraction of sp³-hybridized carbons (Fsp3) is 0.267. The van der Waals surface area contributed by atoms with Gasteiger partial charge in [0.2, 0.25) is 0 Å². The van der Waals surface area contributed by atoms with Crippen molar-refractivity contribution in [1.29, 1.82) is 0 Å². The number of rotatable bonds is 6. The molecular formula is C30H31N3O2S. The number of aliphatic imine (C=N–C) groups is 1. The highest BCUT2D eigenvalue weighted by Crippen LogP contribution is 2.39. The SMILES string of the molecule is COc1cccc(N=Cc2cc(C)n(-c3sc4c(c3C(=O)Nc3ccc(C)cc3)CCCC4)c2C)c1. The van der Waals surface area contributed by atoms with Crippen LogP contribution in [0, 0.1) is 20.8 Å². The predicted octanol–water partition coefficient (Wildman–Crippen LogP) is 7.35. The van der Waals surface area contributed by atoms with Gasteiger partial charge in [-0.3, -0.25) is 9.79 Å². The summed E-state index contributed by atoms with van der Waals surface area (Å²) in [7, 11) is 1.66. The summed E-state index contributed by atoms with van der Waals surface area (Å²) in [5.74, 6) is 0.746. The van der Waals surface area contributed by atoms with E-state index in [1.54, 1.807) is 18.4 Å². The molecule has 0 saturated carbocycles. The minimum Gasteiger partial charge on any atom is -0.497 e. The second-order valence-electron chi connectivity index (χ2n) is 9.33. The van der Waals surface area contributed by atoms with Gasteiger partial charge in [-0.15, -0.1) is 11.3 Å². The van der Waals surface area contributed by atoms with Crippen LogP contribution in [0.1, 0.15) is 56.2 Å². The molecule has 1 aliphatic carbocycles. The Morgan fingerprint density at radius 3 is 2.61 bits per heavy atom.